The van der Waals surface area contributed by atoms with Crippen LogP contribution < -0.4 is 9.08 Å². The maximum absolute atomic E-state index is 12.6. The van der Waals surface area contributed by atoms with Crippen molar-refractivity contribution in [2.24, 2.45) is 5.92 Å². The lowest BCUT2D eigenvalue weighted by Crippen LogP contribution is -2.27. The molecule has 1 heterocycles. The second-order valence-corrected chi connectivity index (χ2v) is 10.4. The molecule has 0 bridgehead atoms. The number of ketones is 1. The van der Waals surface area contributed by atoms with E-state index in [1.165, 1.54) is 60.5 Å². The largest absolute Gasteiger partial charge is 0.465 e. The van der Waals surface area contributed by atoms with Gasteiger partial charge in [0.2, 0.25) is 5.91 Å². The van der Waals surface area contributed by atoms with Crippen LogP contribution in [0.4, 0.5) is 5.69 Å². The molecule has 1 fully saturated rings. The average molecular weight is 552 g/mol. The van der Waals surface area contributed by atoms with Gasteiger partial charge in [0.25, 0.3) is 0 Å². The highest BCUT2D eigenvalue weighted by Crippen LogP contribution is 2.26. The van der Waals surface area contributed by atoms with Crippen molar-refractivity contribution in [3.8, 4) is 5.75 Å². The second kappa shape index (κ2) is 11.5. The Morgan fingerprint density at radius 2 is 1.51 bits per heavy atom. The van der Waals surface area contributed by atoms with Crippen molar-refractivity contribution in [1.29, 1.82) is 0 Å². The fraction of sp³-hybridized carbons (Fsp3) is 0.214. The molecule has 10 nitrogen and oxygen atoms in total. The van der Waals surface area contributed by atoms with E-state index in [9.17, 15) is 27.6 Å². The lowest BCUT2D eigenvalue weighted by molar-refractivity contribution is -0.147. The Hall–Kier alpha value is -4.51. The Kier molecular flexibility index (Phi) is 8.10. The number of methoxy groups -OCH3 is 1. The zero-order valence-electron chi connectivity index (χ0n) is 21.2. The van der Waals surface area contributed by atoms with Crippen molar-refractivity contribution in [2.75, 3.05) is 25.2 Å². The molecule has 11 heteroatoms. The van der Waals surface area contributed by atoms with E-state index >= 15 is 0 Å². The van der Waals surface area contributed by atoms with Gasteiger partial charge in [-0.3, -0.25) is 14.4 Å². The third-order valence-electron chi connectivity index (χ3n) is 6.10. The minimum Gasteiger partial charge on any atom is -0.465 e. The number of carbonyl (C=O) groups excluding carboxylic acids is 4. The SMILES string of the molecule is COC(=O)c1ccc(N2C[C@H](C(=O)OCC(=O)c3ccc(OS(=O)(=O)c4ccc(C)cc4)cc3)CC2=O)cc1. The molecular weight excluding hydrogens is 526 g/mol. The molecule has 1 saturated heterocycles. The maximum atomic E-state index is 12.6. The van der Waals surface area contributed by atoms with Crippen molar-refractivity contribution in [2.45, 2.75) is 18.2 Å². The van der Waals surface area contributed by atoms with E-state index in [0.717, 1.165) is 5.56 Å². The first kappa shape index (κ1) is 27.5. The summed E-state index contributed by atoms with van der Waals surface area (Å²) >= 11 is 0. The van der Waals surface area contributed by atoms with E-state index in [0.29, 0.717) is 11.3 Å². The molecule has 0 unspecified atom stereocenters. The van der Waals surface area contributed by atoms with Crippen LogP contribution in [0.3, 0.4) is 0 Å². The van der Waals surface area contributed by atoms with Crippen LogP contribution in [0.1, 0.15) is 32.7 Å². The van der Waals surface area contributed by atoms with Crippen LogP contribution >= 0.6 is 0 Å². The van der Waals surface area contributed by atoms with Gasteiger partial charge < -0.3 is 18.6 Å². The number of anilines is 1. The van der Waals surface area contributed by atoms with E-state index in [1.807, 2.05) is 6.92 Å². The number of nitrogens with zero attached hydrogens (tertiary/aromatic N) is 1. The summed E-state index contributed by atoms with van der Waals surface area (Å²) in [7, 11) is -2.77. The topological polar surface area (TPSA) is 133 Å². The fourth-order valence-corrected chi connectivity index (χ4v) is 4.85. The molecule has 1 aliphatic rings. The third kappa shape index (κ3) is 6.50. The van der Waals surface area contributed by atoms with Crippen molar-refractivity contribution in [3.63, 3.8) is 0 Å². The molecular formula is C28H25NO9S. The summed E-state index contributed by atoms with van der Waals surface area (Å²) in [6.45, 7) is 1.37. The maximum Gasteiger partial charge on any atom is 0.339 e. The first-order valence-electron chi connectivity index (χ1n) is 11.9. The van der Waals surface area contributed by atoms with Gasteiger partial charge in [0.1, 0.15) is 10.6 Å². The first-order chi connectivity index (χ1) is 18.6. The van der Waals surface area contributed by atoms with Crippen molar-refractivity contribution in [1.82, 2.24) is 0 Å². The standard InChI is InChI=1S/C28H25NO9S/c1-18-3-13-24(14-4-18)39(34,35)38-23-11-7-19(8-12-23)25(30)17-37-28(33)21-15-26(31)29(16-21)22-9-5-20(6-10-22)27(32)36-2/h3-14,21H,15-17H2,1-2H3/t21-/m1/s1. The van der Waals surface area contributed by atoms with Crippen LogP contribution in [0.25, 0.3) is 0 Å². The molecule has 0 spiro atoms. The summed E-state index contributed by atoms with van der Waals surface area (Å²) in [5, 5.41) is 0. The van der Waals surface area contributed by atoms with E-state index in [-0.39, 0.29) is 35.1 Å². The van der Waals surface area contributed by atoms with Gasteiger partial charge in [-0.2, -0.15) is 8.42 Å². The van der Waals surface area contributed by atoms with Gasteiger partial charge in [-0.05, 0) is 67.6 Å². The van der Waals surface area contributed by atoms with Crippen molar-refractivity contribution < 1.29 is 41.3 Å². The molecule has 39 heavy (non-hydrogen) atoms. The Morgan fingerprint density at radius 1 is 0.897 bits per heavy atom. The molecule has 1 amide bonds. The molecule has 0 aliphatic carbocycles. The number of ether oxygens (including phenoxy) is 2. The normalized spacial score (nSPS) is 15.1. The quantitative estimate of drug-likeness (QED) is 0.223. The summed E-state index contributed by atoms with van der Waals surface area (Å²) in [4.78, 5) is 50.6. The molecule has 0 radical (unpaired) electrons. The van der Waals surface area contributed by atoms with Crippen LogP contribution in [0.5, 0.6) is 5.75 Å². The summed E-state index contributed by atoms with van der Waals surface area (Å²) < 4.78 is 39.8. The third-order valence-corrected chi connectivity index (χ3v) is 7.36. The van der Waals surface area contributed by atoms with Gasteiger partial charge in [-0.1, -0.05) is 17.7 Å². The summed E-state index contributed by atoms with van der Waals surface area (Å²) in [6.07, 6.45) is -0.0761. The lowest BCUT2D eigenvalue weighted by Gasteiger charge is -2.16. The van der Waals surface area contributed by atoms with E-state index in [2.05, 4.69) is 4.74 Å². The number of aryl methyl sites for hydroxylation is 1. The number of carbonyl (C=O) groups is 4. The average Bonchev–Trinajstić information content (AvgIpc) is 3.33. The minimum absolute atomic E-state index is 0.00216. The van der Waals surface area contributed by atoms with E-state index in [4.69, 9.17) is 8.92 Å². The van der Waals surface area contributed by atoms with Crippen LogP contribution in [0, 0.1) is 12.8 Å². The number of esters is 2. The van der Waals surface area contributed by atoms with Crippen LogP contribution in [0.15, 0.2) is 77.7 Å². The molecule has 3 aromatic rings. The molecule has 4 rings (SSSR count). The molecule has 1 atom stereocenters. The van der Waals surface area contributed by atoms with Gasteiger partial charge in [-0.25, -0.2) is 4.79 Å². The van der Waals surface area contributed by atoms with Gasteiger partial charge in [0.15, 0.2) is 12.4 Å². The number of rotatable bonds is 9. The number of amides is 1. The lowest BCUT2D eigenvalue weighted by atomic mass is 10.1. The molecule has 0 aromatic heterocycles. The second-order valence-electron chi connectivity index (χ2n) is 8.85. The predicted molar refractivity (Wildman–Crippen MR) is 139 cm³/mol. The highest BCUT2D eigenvalue weighted by atomic mass is 32.2. The Bertz CT molecular complexity index is 1500. The molecule has 3 aromatic carbocycles. The summed E-state index contributed by atoms with van der Waals surface area (Å²) in [5.41, 5.74) is 1.94. The van der Waals surface area contributed by atoms with Crippen molar-refractivity contribution >= 4 is 39.4 Å². The van der Waals surface area contributed by atoms with Gasteiger partial charge in [-0.15, -0.1) is 0 Å². The molecule has 202 valence electrons. The first-order valence-corrected chi connectivity index (χ1v) is 13.3. The molecule has 0 N–H and O–H groups in total. The van der Waals surface area contributed by atoms with Crippen molar-refractivity contribution in [3.05, 3.63) is 89.5 Å². The van der Waals surface area contributed by atoms with Crippen LogP contribution in [-0.4, -0.2) is 52.3 Å². The minimum atomic E-state index is -4.04. The smallest absolute Gasteiger partial charge is 0.339 e. The van der Waals surface area contributed by atoms with E-state index in [1.54, 1.807) is 24.3 Å². The van der Waals surface area contributed by atoms with Crippen LogP contribution in [-0.2, 0) is 29.2 Å². The highest BCUT2D eigenvalue weighted by Gasteiger charge is 2.36. The zero-order chi connectivity index (χ0) is 28.2. The van der Waals surface area contributed by atoms with E-state index < -0.39 is 40.4 Å². The monoisotopic (exact) mass is 551 g/mol. The number of benzene rings is 3. The Morgan fingerprint density at radius 3 is 2.13 bits per heavy atom. The zero-order valence-corrected chi connectivity index (χ0v) is 22.0. The van der Waals surface area contributed by atoms with Gasteiger partial charge in [0, 0.05) is 24.2 Å². The predicted octanol–water partition coefficient (Wildman–Crippen LogP) is 3.33. The Labute approximate surface area is 225 Å². The molecule has 0 saturated carbocycles. The number of hydrogen-bond donors (Lipinski definition) is 0. The van der Waals surface area contributed by atoms with Gasteiger partial charge in [0.05, 0.1) is 18.6 Å². The van der Waals surface area contributed by atoms with Crippen LogP contribution in [0.2, 0.25) is 0 Å². The van der Waals surface area contributed by atoms with Gasteiger partial charge >= 0.3 is 22.1 Å². The molecule has 1 aliphatic heterocycles. The number of Topliss-reactive ketones (excluding diaryl/α,β-unsaturated/α-hetero) is 1. The Balaban J connectivity index is 1.30. The number of hydrogen-bond acceptors (Lipinski definition) is 9. The summed E-state index contributed by atoms with van der Waals surface area (Å²) in [5.74, 6) is -2.72. The summed E-state index contributed by atoms with van der Waals surface area (Å²) in [6, 6.07) is 17.8. The fourth-order valence-electron chi connectivity index (χ4n) is 3.92. The highest BCUT2D eigenvalue weighted by molar-refractivity contribution is 7.87.